The van der Waals surface area contributed by atoms with E-state index in [1.807, 2.05) is 12.1 Å². The Hall–Kier alpha value is -0.860. The van der Waals surface area contributed by atoms with Crippen LogP contribution >= 0.6 is 0 Å². The molecule has 1 aromatic rings. The number of aliphatic hydroxyl groups excluding tert-OH is 1. The molecule has 1 rings (SSSR count). The lowest BCUT2D eigenvalue weighted by molar-refractivity contribution is -0.903. The highest BCUT2D eigenvalue weighted by Gasteiger charge is 2.17. The average molecular weight is 419 g/mol. The highest BCUT2D eigenvalue weighted by Crippen LogP contribution is 2.17. The summed E-state index contributed by atoms with van der Waals surface area (Å²) in [4.78, 5) is 0. The van der Waals surface area contributed by atoms with Gasteiger partial charge in [0.2, 0.25) is 0 Å². The van der Waals surface area contributed by atoms with Crippen molar-refractivity contribution in [3.63, 3.8) is 0 Å². The molecule has 0 bridgehead atoms. The summed E-state index contributed by atoms with van der Waals surface area (Å²) in [5.41, 5.74) is 2.37. The minimum absolute atomic E-state index is 0.148. The van der Waals surface area contributed by atoms with Crippen molar-refractivity contribution in [2.45, 2.75) is 123 Å². The molecule has 0 aromatic heterocycles. The predicted octanol–water partition coefficient (Wildman–Crippen LogP) is 8.02. The molecule has 0 unspecified atom stereocenters. The molecular formula is C28H52NO+. The number of benzene rings is 1. The van der Waals surface area contributed by atoms with E-state index in [-0.39, 0.29) is 6.61 Å². The predicted molar refractivity (Wildman–Crippen MR) is 133 cm³/mol. The van der Waals surface area contributed by atoms with Crippen LogP contribution in [-0.2, 0) is 13.2 Å². The van der Waals surface area contributed by atoms with Crippen molar-refractivity contribution < 1.29 is 9.59 Å². The Kier molecular flexibility index (Phi) is 16.1. The molecule has 2 heteroatoms. The molecular weight excluding hydrogens is 366 g/mol. The van der Waals surface area contributed by atoms with E-state index in [1.54, 1.807) is 0 Å². The fraction of sp³-hybridized carbons (Fsp3) is 0.786. The van der Waals surface area contributed by atoms with Crippen LogP contribution in [0.5, 0.6) is 0 Å². The first-order valence-corrected chi connectivity index (χ1v) is 13.1. The van der Waals surface area contributed by atoms with Gasteiger partial charge in [0.15, 0.2) is 0 Å². The van der Waals surface area contributed by atoms with Crippen LogP contribution in [0.2, 0.25) is 0 Å². The molecule has 2 nitrogen and oxygen atoms in total. The number of unbranched alkanes of at least 4 members (excludes halogenated alkanes) is 15. The summed E-state index contributed by atoms with van der Waals surface area (Å²) < 4.78 is 1.01. The number of aliphatic hydroxyl groups is 1. The lowest BCUT2D eigenvalue weighted by Gasteiger charge is -2.30. The summed E-state index contributed by atoms with van der Waals surface area (Å²) >= 11 is 0. The molecule has 30 heavy (non-hydrogen) atoms. The van der Waals surface area contributed by atoms with Crippen molar-refractivity contribution in [1.82, 2.24) is 0 Å². The quantitative estimate of drug-likeness (QED) is 0.168. The number of quaternary nitrogens is 1. The van der Waals surface area contributed by atoms with E-state index in [9.17, 15) is 5.11 Å². The molecule has 0 heterocycles. The highest BCUT2D eigenvalue weighted by molar-refractivity contribution is 5.25. The molecule has 0 spiro atoms. The third-order valence-corrected chi connectivity index (χ3v) is 6.50. The van der Waals surface area contributed by atoms with E-state index in [0.29, 0.717) is 0 Å². The molecule has 174 valence electrons. The zero-order valence-electron chi connectivity index (χ0n) is 20.6. The van der Waals surface area contributed by atoms with E-state index >= 15 is 0 Å². The first kappa shape index (κ1) is 27.2. The van der Waals surface area contributed by atoms with Crippen LogP contribution in [0.25, 0.3) is 0 Å². The van der Waals surface area contributed by atoms with Crippen LogP contribution in [0.1, 0.15) is 121 Å². The van der Waals surface area contributed by atoms with Crippen LogP contribution in [-0.4, -0.2) is 30.2 Å². The van der Waals surface area contributed by atoms with Gasteiger partial charge in [-0.1, -0.05) is 121 Å². The Labute approximate surface area is 188 Å². The molecule has 1 N–H and O–H groups in total. The normalized spacial score (nSPS) is 11.9. The van der Waals surface area contributed by atoms with Crippen molar-refractivity contribution >= 4 is 0 Å². The lowest BCUT2D eigenvalue weighted by atomic mass is 10.0. The van der Waals surface area contributed by atoms with Gasteiger partial charge in [-0.2, -0.15) is 0 Å². The van der Waals surface area contributed by atoms with Crippen LogP contribution in [0.15, 0.2) is 24.3 Å². The van der Waals surface area contributed by atoms with Crippen LogP contribution < -0.4 is 0 Å². The van der Waals surface area contributed by atoms with Gasteiger partial charge in [-0.25, -0.2) is 0 Å². The van der Waals surface area contributed by atoms with Crippen molar-refractivity contribution in [3.8, 4) is 0 Å². The summed E-state index contributed by atoms with van der Waals surface area (Å²) in [6, 6.07) is 8.32. The Morgan fingerprint density at radius 2 is 1.00 bits per heavy atom. The van der Waals surface area contributed by atoms with Gasteiger partial charge in [-0.05, 0) is 18.4 Å². The third kappa shape index (κ3) is 14.2. The van der Waals surface area contributed by atoms with Crippen molar-refractivity contribution in [2.75, 3.05) is 20.6 Å². The van der Waals surface area contributed by atoms with Crippen molar-refractivity contribution in [2.24, 2.45) is 0 Å². The maximum atomic E-state index is 9.53. The fourth-order valence-electron chi connectivity index (χ4n) is 4.49. The third-order valence-electron chi connectivity index (χ3n) is 6.50. The largest absolute Gasteiger partial charge is 0.392 e. The van der Waals surface area contributed by atoms with E-state index in [4.69, 9.17) is 0 Å². The van der Waals surface area contributed by atoms with Gasteiger partial charge >= 0.3 is 0 Å². The molecule has 0 fully saturated rings. The van der Waals surface area contributed by atoms with Gasteiger partial charge in [-0.3, -0.25) is 0 Å². The van der Waals surface area contributed by atoms with Crippen molar-refractivity contribution in [1.29, 1.82) is 0 Å². The molecule has 0 aliphatic rings. The molecule has 0 amide bonds. The molecule has 1 aromatic carbocycles. The molecule has 0 radical (unpaired) electrons. The van der Waals surface area contributed by atoms with E-state index in [1.165, 1.54) is 115 Å². The molecule has 0 aliphatic carbocycles. The first-order valence-electron chi connectivity index (χ1n) is 13.1. The molecule has 0 saturated carbocycles. The van der Waals surface area contributed by atoms with Gasteiger partial charge in [0.1, 0.15) is 6.54 Å². The molecule has 0 saturated heterocycles. The summed E-state index contributed by atoms with van der Waals surface area (Å²) in [6.07, 6.45) is 22.8. The van der Waals surface area contributed by atoms with E-state index in [2.05, 4.69) is 33.2 Å². The van der Waals surface area contributed by atoms with E-state index < -0.39 is 0 Å². The summed E-state index contributed by atoms with van der Waals surface area (Å²) in [5.74, 6) is 0. The van der Waals surface area contributed by atoms with Gasteiger partial charge in [0, 0.05) is 5.56 Å². The van der Waals surface area contributed by atoms with Crippen LogP contribution in [0.3, 0.4) is 0 Å². The standard InChI is InChI=1S/C28H52NO/c1-4-5-6-7-8-9-10-11-12-13-14-15-16-17-18-21-24-29(2,3)25-27-22-19-20-23-28(27)26-30/h19-20,22-23,30H,4-18,21,24-26H2,1-3H3/q+1. The number of hydrogen-bond acceptors (Lipinski definition) is 1. The fourth-order valence-corrected chi connectivity index (χ4v) is 4.49. The Morgan fingerprint density at radius 1 is 0.600 bits per heavy atom. The lowest BCUT2D eigenvalue weighted by Crippen LogP contribution is -2.39. The van der Waals surface area contributed by atoms with Crippen LogP contribution in [0.4, 0.5) is 0 Å². The first-order chi connectivity index (χ1) is 14.6. The summed E-state index contributed by atoms with van der Waals surface area (Å²) in [6.45, 7) is 4.67. The second kappa shape index (κ2) is 17.8. The Morgan fingerprint density at radius 3 is 1.43 bits per heavy atom. The molecule has 0 aliphatic heterocycles. The Balaban J connectivity index is 1.92. The highest BCUT2D eigenvalue weighted by atomic mass is 16.3. The summed E-state index contributed by atoms with van der Waals surface area (Å²) in [5, 5.41) is 9.53. The number of hydrogen-bond donors (Lipinski definition) is 1. The maximum absolute atomic E-state index is 9.53. The second-order valence-electron chi connectivity index (χ2n) is 10.0. The maximum Gasteiger partial charge on any atom is 0.104 e. The number of nitrogens with zero attached hydrogens (tertiary/aromatic N) is 1. The Bertz CT molecular complexity index is 511. The second-order valence-corrected chi connectivity index (χ2v) is 10.0. The zero-order valence-corrected chi connectivity index (χ0v) is 20.6. The SMILES string of the molecule is CCCCCCCCCCCCCCCCCC[N+](C)(C)Cc1ccccc1CO. The van der Waals surface area contributed by atoms with Gasteiger partial charge in [-0.15, -0.1) is 0 Å². The smallest absolute Gasteiger partial charge is 0.104 e. The van der Waals surface area contributed by atoms with Crippen LogP contribution in [0, 0.1) is 0 Å². The van der Waals surface area contributed by atoms with Crippen molar-refractivity contribution in [3.05, 3.63) is 35.4 Å². The average Bonchev–Trinajstić information content (AvgIpc) is 2.73. The van der Waals surface area contributed by atoms with E-state index in [0.717, 1.165) is 16.6 Å². The topological polar surface area (TPSA) is 20.2 Å². The minimum Gasteiger partial charge on any atom is -0.392 e. The number of rotatable bonds is 20. The monoisotopic (exact) mass is 418 g/mol. The van der Waals surface area contributed by atoms with Gasteiger partial charge < -0.3 is 9.59 Å². The van der Waals surface area contributed by atoms with Gasteiger partial charge in [0.25, 0.3) is 0 Å². The minimum atomic E-state index is 0.148. The molecule has 0 atom stereocenters. The summed E-state index contributed by atoms with van der Waals surface area (Å²) in [7, 11) is 4.64. The zero-order chi connectivity index (χ0) is 21.9. The van der Waals surface area contributed by atoms with Gasteiger partial charge in [0.05, 0.1) is 27.2 Å².